The third kappa shape index (κ3) is 4.07. The number of piperazine rings is 1. The third-order valence-corrected chi connectivity index (χ3v) is 7.48. The van der Waals surface area contributed by atoms with E-state index in [-0.39, 0.29) is 30.1 Å². The monoisotopic (exact) mass is 431 g/mol. The van der Waals surface area contributed by atoms with E-state index in [4.69, 9.17) is 11.6 Å². The van der Waals surface area contributed by atoms with Gasteiger partial charge in [-0.05, 0) is 49.8 Å². The summed E-state index contributed by atoms with van der Waals surface area (Å²) in [6.45, 7) is 4.91. The second-order valence-corrected chi connectivity index (χ2v) is 9.43. The van der Waals surface area contributed by atoms with Crippen LogP contribution in [0.4, 0.5) is 5.69 Å². The molecule has 2 heterocycles. The maximum absolute atomic E-state index is 12.9. The Balaban J connectivity index is 1.36. The van der Waals surface area contributed by atoms with Crippen LogP contribution in [0.15, 0.2) is 18.2 Å². The normalized spacial score (nSPS) is 25.1. The molecule has 3 aliphatic rings. The standard InChI is InChI=1S/C23H30ClN3O3/c1-16-6-7-18(24)14-19(16)26-10-12-27(13-11-26)21(29)8-9-23(17-4-2-3-5-17)15-20(28)25-22(23)30/h6-7,14,17H,2-5,8-13,15H2,1H3,(H,25,28,30). The number of nitrogens with one attached hydrogen (secondary N) is 1. The first-order chi connectivity index (χ1) is 14.4. The largest absolute Gasteiger partial charge is 0.368 e. The summed E-state index contributed by atoms with van der Waals surface area (Å²) in [7, 11) is 0. The van der Waals surface area contributed by atoms with Crippen molar-refractivity contribution in [1.29, 1.82) is 0 Å². The molecule has 30 heavy (non-hydrogen) atoms. The number of anilines is 1. The topological polar surface area (TPSA) is 69.7 Å². The van der Waals surface area contributed by atoms with Crippen LogP contribution in [0.3, 0.4) is 0 Å². The third-order valence-electron chi connectivity index (χ3n) is 7.25. The van der Waals surface area contributed by atoms with Crippen LogP contribution in [-0.4, -0.2) is 48.8 Å². The van der Waals surface area contributed by atoms with E-state index in [9.17, 15) is 14.4 Å². The van der Waals surface area contributed by atoms with Crippen LogP contribution in [0.1, 0.15) is 50.5 Å². The zero-order chi connectivity index (χ0) is 21.3. The van der Waals surface area contributed by atoms with E-state index in [0.717, 1.165) is 49.5 Å². The molecule has 162 valence electrons. The molecule has 1 unspecified atom stereocenters. The molecule has 1 aromatic rings. The molecule has 1 saturated carbocycles. The molecule has 2 saturated heterocycles. The highest BCUT2D eigenvalue weighted by atomic mass is 35.5. The molecule has 0 aromatic heterocycles. The van der Waals surface area contributed by atoms with Crippen molar-refractivity contribution in [2.75, 3.05) is 31.1 Å². The minimum Gasteiger partial charge on any atom is -0.368 e. The smallest absolute Gasteiger partial charge is 0.233 e. The summed E-state index contributed by atoms with van der Waals surface area (Å²) < 4.78 is 0. The van der Waals surface area contributed by atoms with Crippen LogP contribution >= 0.6 is 11.6 Å². The number of rotatable bonds is 5. The lowest BCUT2D eigenvalue weighted by atomic mass is 9.70. The molecule has 4 rings (SSSR count). The van der Waals surface area contributed by atoms with E-state index in [1.165, 1.54) is 5.56 Å². The van der Waals surface area contributed by atoms with Crippen LogP contribution in [0, 0.1) is 18.3 Å². The Morgan fingerprint density at radius 3 is 2.50 bits per heavy atom. The number of halogens is 1. The Bertz CT molecular complexity index is 844. The van der Waals surface area contributed by atoms with Gasteiger partial charge in [-0.2, -0.15) is 0 Å². The molecule has 3 amide bonds. The molecule has 1 aromatic carbocycles. The maximum Gasteiger partial charge on any atom is 0.233 e. The molecule has 0 spiro atoms. The number of benzene rings is 1. The molecule has 1 aliphatic carbocycles. The number of imide groups is 1. The highest BCUT2D eigenvalue weighted by Crippen LogP contribution is 2.48. The van der Waals surface area contributed by atoms with E-state index in [1.807, 2.05) is 23.1 Å². The predicted octanol–water partition coefficient (Wildman–Crippen LogP) is 3.30. The summed E-state index contributed by atoms with van der Waals surface area (Å²) in [4.78, 5) is 41.7. The fourth-order valence-electron chi connectivity index (χ4n) is 5.48. The molecule has 6 nitrogen and oxygen atoms in total. The van der Waals surface area contributed by atoms with E-state index in [1.54, 1.807) is 0 Å². The van der Waals surface area contributed by atoms with Gasteiger partial charge in [0.15, 0.2) is 0 Å². The minimum atomic E-state index is -0.678. The van der Waals surface area contributed by atoms with Crippen molar-refractivity contribution >= 4 is 35.0 Å². The Labute approximate surface area is 182 Å². The Morgan fingerprint density at radius 2 is 1.87 bits per heavy atom. The second-order valence-electron chi connectivity index (χ2n) is 8.99. The number of carbonyl (C=O) groups excluding carboxylic acids is 3. The summed E-state index contributed by atoms with van der Waals surface area (Å²) in [6, 6.07) is 5.89. The van der Waals surface area contributed by atoms with Crippen molar-refractivity contribution in [2.45, 2.75) is 51.9 Å². The Kier molecular flexibility index (Phi) is 6.05. The van der Waals surface area contributed by atoms with Gasteiger partial charge in [-0.3, -0.25) is 19.7 Å². The number of hydrogen-bond acceptors (Lipinski definition) is 4. The van der Waals surface area contributed by atoms with Crippen LogP contribution in [0.2, 0.25) is 5.02 Å². The Hall–Kier alpha value is -2.08. The summed E-state index contributed by atoms with van der Waals surface area (Å²) in [6.07, 6.45) is 5.21. The van der Waals surface area contributed by atoms with Crippen molar-refractivity contribution in [3.63, 3.8) is 0 Å². The second kappa shape index (κ2) is 8.58. The van der Waals surface area contributed by atoms with Crippen LogP contribution in [0.5, 0.6) is 0 Å². The van der Waals surface area contributed by atoms with E-state index >= 15 is 0 Å². The molecular weight excluding hydrogens is 402 g/mol. The van der Waals surface area contributed by atoms with Gasteiger partial charge >= 0.3 is 0 Å². The summed E-state index contributed by atoms with van der Waals surface area (Å²) in [5.41, 5.74) is 1.62. The van der Waals surface area contributed by atoms with Gasteiger partial charge in [-0.1, -0.05) is 30.5 Å². The molecule has 7 heteroatoms. The van der Waals surface area contributed by atoms with Crippen LogP contribution in [-0.2, 0) is 14.4 Å². The van der Waals surface area contributed by atoms with Crippen molar-refractivity contribution in [1.82, 2.24) is 10.2 Å². The maximum atomic E-state index is 12.9. The molecule has 0 bridgehead atoms. The average molecular weight is 432 g/mol. The zero-order valence-corrected chi connectivity index (χ0v) is 18.3. The predicted molar refractivity (Wildman–Crippen MR) is 116 cm³/mol. The van der Waals surface area contributed by atoms with Gasteiger partial charge in [0.2, 0.25) is 17.7 Å². The lowest BCUT2D eigenvalue weighted by Crippen LogP contribution is -2.49. The van der Waals surface area contributed by atoms with Crippen molar-refractivity contribution < 1.29 is 14.4 Å². The van der Waals surface area contributed by atoms with Gasteiger partial charge in [-0.25, -0.2) is 0 Å². The minimum absolute atomic E-state index is 0.0852. The van der Waals surface area contributed by atoms with Gasteiger partial charge in [0.1, 0.15) is 0 Å². The highest BCUT2D eigenvalue weighted by molar-refractivity contribution is 6.30. The fourth-order valence-corrected chi connectivity index (χ4v) is 5.65. The van der Waals surface area contributed by atoms with Gasteiger partial charge in [0.25, 0.3) is 0 Å². The van der Waals surface area contributed by atoms with E-state index < -0.39 is 5.41 Å². The van der Waals surface area contributed by atoms with Crippen molar-refractivity contribution in [3.8, 4) is 0 Å². The van der Waals surface area contributed by atoms with Gasteiger partial charge < -0.3 is 9.80 Å². The van der Waals surface area contributed by atoms with Gasteiger partial charge in [0, 0.05) is 49.7 Å². The molecule has 1 N–H and O–H groups in total. The lowest BCUT2D eigenvalue weighted by Gasteiger charge is -2.38. The van der Waals surface area contributed by atoms with Gasteiger partial charge in [-0.15, -0.1) is 0 Å². The zero-order valence-electron chi connectivity index (χ0n) is 17.6. The molecule has 2 aliphatic heterocycles. The summed E-state index contributed by atoms with van der Waals surface area (Å²) >= 11 is 6.16. The number of amides is 3. The Morgan fingerprint density at radius 1 is 1.17 bits per heavy atom. The van der Waals surface area contributed by atoms with E-state index in [0.29, 0.717) is 25.9 Å². The van der Waals surface area contributed by atoms with E-state index in [2.05, 4.69) is 17.1 Å². The first-order valence-electron chi connectivity index (χ1n) is 11.0. The number of aryl methyl sites for hydroxylation is 1. The van der Waals surface area contributed by atoms with Gasteiger partial charge in [0.05, 0.1) is 5.41 Å². The first-order valence-corrected chi connectivity index (χ1v) is 11.4. The molecule has 1 atom stereocenters. The quantitative estimate of drug-likeness (QED) is 0.726. The van der Waals surface area contributed by atoms with Crippen LogP contribution in [0.25, 0.3) is 0 Å². The number of hydrogen-bond donors (Lipinski definition) is 1. The summed E-state index contributed by atoms with van der Waals surface area (Å²) in [5.74, 6) is -0.0419. The number of nitrogens with zero attached hydrogens (tertiary/aromatic N) is 2. The average Bonchev–Trinajstić information content (AvgIpc) is 3.37. The fraction of sp³-hybridized carbons (Fsp3) is 0.609. The molecule has 3 fully saturated rings. The molecular formula is C23H30ClN3O3. The van der Waals surface area contributed by atoms with Crippen LogP contribution < -0.4 is 10.2 Å². The highest BCUT2D eigenvalue weighted by Gasteiger charge is 2.52. The number of carbonyl (C=O) groups is 3. The molecule has 0 radical (unpaired) electrons. The SMILES string of the molecule is Cc1ccc(Cl)cc1N1CCN(C(=O)CCC2(C3CCCC3)CC(=O)NC2=O)CC1. The van der Waals surface area contributed by atoms with Crippen molar-refractivity contribution in [2.24, 2.45) is 11.3 Å². The van der Waals surface area contributed by atoms with Crippen molar-refractivity contribution in [3.05, 3.63) is 28.8 Å². The lowest BCUT2D eigenvalue weighted by molar-refractivity contribution is -0.135. The first kappa shape index (κ1) is 21.2. The summed E-state index contributed by atoms with van der Waals surface area (Å²) in [5, 5.41) is 3.22.